The zero-order valence-corrected chi connectivity index (χ0v) is 9.38. The lowest BCUT2D eigenvalue weighted by atomic mass is 10.0. The molecule has 2 atom stereocenters. The van der Waals surface area contributed by atoms with Gasteiger partial charge in [0.25, 0.3) is 5.69 Å². The number of aliphatic imine (C=N–C) groups is 1. The summed E-state index contributed by atoms with van der Waals surface area (Å²) in [5.41, 5.74) is 0.611. The van der Waals surface area contributed by atoms with Gasteiger partial charge >= 0.3 is 0 Å². The Morgan fingerprint density at radius 1 is 1.53 bits per heavy atom. The number of benzene rings is 1. The Labute approximate surface area is 98.1 Å². The molecule has 92 valence electrons. The second kappa shape index (κ2) is 6.05. The van der Waals surface area contributed by atoms with Crippen molar-refractivity contribution < 1.29 is 14.1 Å². The van der Waals surface area contributed by atoms with Gasteiger partial charge in [-0.25, -0.2) is 4.39 Å². The van der Waals surface area contributed by atoms with Crippen molar-refractivity contribution in [1.29, 1.82) is 0 Å². The van der Waals surface area contributed by atoms with E-state index < -0.39 is 23.7 Å². The molecule has 1 rings (SSSR count). The molecule has 0 saturated carbocycles. The van der Waals surface area contributed by atoms with E-state index in [1.54, 1.807) is 0 Å². The molecule has 0 aromatic heterocycles. The van der Waals surface area contributed by atoms with Gasteiger partial charge in [0, 0.05) is 19.2 Å². The number of nitro groups is 1. The molecule has 0 aliphatic carbocycles. The summed E-state index contributed by atoms with van der Waals surface area (Å²) in [5, 5.41) is 10.5. The standard InChI is InChI=1S/C11H13FN2O3/c1-13-10(7-12)11(17-2)8-3-5-9(6-4-8)14(15)16/h3-6,10-11H,1,7H2,2H3/t10-,11-/m1/s1. The highest BCUT2D eigenvalue weighted by atomic mass is 19.1. The Morgan fingerprint density at radius 2 is 2.12 bits per heavy atom. The number of halogens is 1. The summed E-state index contributed by atoms with van der Waals surface area (Å²) in [6, 6.07) is 5.04. The predicted molar refractivity (Wildman–Crippen MR) is 62.2 cm³/mol. The van der Waals surface area contributed by atoms with E-state index in [0.717, 1.165) is 0 Å². The first kappa shape index (κ1) is 13.2. The number of non-ortho nitro benzene ring substituents is 1. The molecular formula is C11H13FN2O3. The average Bonchev–Trinajstić information content (AvgIpc) is 2.36. The van der Waals surface area contributed by atoms with Crippen LogP contribution in [0.2, 0.25) is 0 Å². The molecule has 1 aromatic rings. The van der Waals surface area contributed by atoms with Crippen molar-refractivity contribution in [3.8, 4) is 0 Å². The Bertz CT molecular complexity index is 394. The van der Waals surface area contributed by atoms with E-state index in [1.165, 1.54) is 31.4 Å². The van der Waals surface area contributed by atoms with Gasteiger partial charge in [0.15, 0.2) is 0 Å². The third kappa shape index (κ3) is 3.07. The number of hydrogen-bond acceptors (Lipinski definition) is 4. The Kier molecular flexibility index (Phi) is 4.71. The van der Waals surface area contributed by atoms with Crippen molar-refractivity contribution in [2.24, 2.45) is 4.99 Å². The molecule has 0 fully saturated rings. The summed E-state index contributed by atoms with van der Waals surface area (Å²) in [4.78, 5) is 13.6. The molecule has 0 unspecified atom stereocenters. The maximum atomic E-state index is 12.7. The third-order valence-electron chi connectivity index (χ3n) is 2.43. The molecule has 17 heavy (non-hydrogen) atoms. The molecule has 0 amide bonds. The lowest BCUT2D eigenvalue weighted by Gasteiger charge is -2.20. The fraction of sp³-hybridized carbons (Fsp3) is 0.364. The van der Waals surface area contributed by atoms with Crippen LogP contribution in [0.1, 0.15) is 11.7 Å². The number of methoxy groups -OCH3 is 1. The van der Waals surface area contributed by atoms with Crippen molar-refractivity contribution in [3.63, 3.8) is 0 Å². The van der Waals surface area contributed by atoms with E-state index in [0.29, 0.717) is 5.56 Å². The van der Waals surface area contributed by atoms with Crippen molar-refractivity contribution in [3.05, 3.63) is 39.9 Å². The van der Waals surface area contributed by atoms with Gasteiger partial charge in [-0.05, 0) is 24.4 Å². The number of ether oxygens (including phenoxy) is 1. The Morgan fingerprint density at radius 3 is 2.47 bits per heavy atom. The Balaban J connectivity index is 2.96. The zero-order valence-electron chi connectivity index (χ0n) is 9.38. The maximum absolute atomic E-state index is 12.7. The van der Waals surface area contributed by atoms with E-state index >= 15 is 0 Å². The quantitative estimate of drug-likeness (QED) is 0.435. The Hall–Kier alpha value is -1.82. The number of nitro benzene ring substituents is 1. The van der Waals surface area contributed by atoms with Crippen LogP contribution in [0.25, 0.3) is 0 Å². The minimum Gasteiger partial charge on any atom is -0.374 e. The summed E-state index contributed by atoms with van der Waals surface area (Å²) in [7, 11) is 1.43. The SMILES string of the molecule is C=N[C@H](CF)[C@H](OC)c1ccc([N+](=O)[O-])cc1. The molecule has 0 saturated heterocycles. The number of rotatable bonds is 6. The largest absolute Gasteiger partial charge is 0.374 e. The van der Waals surface area contributed by atoms with Crippen LogP contribution in [0, 0.1) is 10.1 Å². The molecule has 0 bridgehead atoms. The lowest BCUT2D eigenvalue weighted by molar-refractivity contribution is -0.384. The molecule has 0 N–H and O–H groups in total. The number of nitrogens with zero attached hydrogens (tertiary/aromatic N) is 2. The van der Waals surface area contributed by atoms with Gasteiger partial charge in [0.2, 0.25) is 0 Å². The zero-order chi connectivity index (χ0) is 12.8. The monoisotopic (exact) mass is 240 g/mol. The lowest BCUT2D eigenvalue weighted by Crippen LogP contribution is -2.20. The fourth-order valence-corrected chi connectivity index (χ4v) is 1.53. The van der Waals surface area contributed by atoms with E-state index in [2.05, 4.69) is 11.7 Å². The van der Waals surface area contributed by atoms with E-state index in [1.807, 2.05) is 0 Å². The number of alkyl halides is 1. The van der Waals surface area contributed by atoms with Gasteiger partial charge in [0.1, 0.15) is 18.8 Å². The topological polar surface area (TPSA) is 64.7 Å². The van der Waals surface area contributed by atoms with Crippen LogP contribution >= 0.6 is 0 Å². The van der Waals surface area contributed by atoms with Crippen LogP contribution in [0.5, 0.6) is 0 Å². The smallest absolute Gasteiger partial charge is 0.269 e. The second-order valence-corrected chi connectivity index (χ2v) is 3.41. The highest BCUT2D eigenvalue weighted by Crippen LogP contribution is 2.25. The van der Waals surface area contributed by atoms with E-state index in [-0.39, 0.29) is 5.69 Å². The van der Waals surface area contributed by atoms with Crippen LogP contribution in [0.15, 0.2) is 29.3 Å². The number of hydrogen-bond donors (Lipinski definition) is 0. The molecule has 1 aromatic carbocycles. The van der Waals surface area contributed by atoms with Crippen molar-refractivity contribution in [2.45, 2.75) is 12.1 Å². The van der Waals surface area contributed by atoms with Crippen LogP contribution in [0.3, 0.4) is 0 Å². The molecule has 0 aliphatic heterocycles. The average molecular weight is 240 g/mol. The maximum Gasteiger partial charge on any atom is 0.269 e. The molecule has 5 nitrogen and oxygen atoms in total. The fourth-order valence-electron chi connectivity index (χ4n) is 1.53. The summed E-state index contributed by atoms with van der Waals surface area (Å²) in [6.45, 7) is 2.60. The predicted octanol–water partition coefficient (Wildman–Crippen LogP) is 2.32. The molecule has 6 heteroatoms. The summed E-state index contributed by atoms with van der Waals surface area (Å²) in [5.74, 6) is 0. The minimum absolute atomic E-state index is 0.0213. The van der Waals surface area contributed by atoms with Crippen LogP contribution in [-0.2, 0) is 4.74 Å². The minimum atomic E-state index is -0.707. The van der Waals surface area contributed by atoms with Gasteiger partial charge in [-0.2, -0.15) is 0 Å². The van der Waals surface area contributed by atoms with Crippen molar-refractivity contribution in [2.75, 3.05) is 13.8 Å². The molecule has 0 radical (unpaired) electrons. The second-order valence-electron chi connectivity index (χ2n) is 3.41. The van der Waals surface area contributed by atoms with Gasteiger partial charge in [0.05, 0.1) is 4.92 Å². The van der Waals surface area contributed by atoms with Crippen molar-refractivity contribution in [1.82, 2.24) is 0 Å². The normalized spacial score (nSPS) is 14.0. The van der Waals surface area contributed by atoms with Gasteiger partial charge in [-0.15, -0.1) is 0 Å². The highest BCUT2D eigenvalue weighted by molar-refractivity contribution is 5.35. The molecule has 0 spiro atoms. The van der Waals surface area contributed by atoms with Crippen LogP contribution < -0.4 is 0 Å². The van der Waals surface area contributed by atoms with Crippen LogP contribution in [0.4, 0.5) is 10.1 Å². The van der Waals surface area contributed by atoms with Gasteiger partial charge in [-0.1, -0.05) is 0 Å². The third-order valence-corrected chi connectivity index (χ3v) is 2.43. The van der Waals surface area contributed by atoms with Crippen molar-refractivity contribution >= 4 is 12.4 Å². The summed E-state index contributed by atoms with van der Waals surface area (Å²) >= 11 is 0. The molecule has 0 heterocycles. The summed E-state index contributed by atoms with van der Waals surface area (Å²) < 4.78 is 17.8. The van der Waals surface area contributed by atoms with Crippen LogP contribution in [-0.4, -0.2) is 31.5 Å². The van der Waals surface area contributed by atoms with E-state index in [4.69, 9.17) is 4.74 Å². The van der Waals surface area contributed by atoms with Gasteiger partial charge in [-0.3, -0.25) is 15.1 Å². The van der Waals surface area contributed by atoms with E-state index in [9.17, 15) is 14.5 Å². The summed E-state index contributed by atoms with van der Waals surface area (Å²) in [6.07, 6.45) is -0.585. The van der Waals surface area contributed by atoms with Gasteiger partial charge < -0.3 is 4.74 Å². The highest BCUT2D eigenvalue weighted by Gasteiger charge is 2.22. The first-order valence-corrected chi connectivity index (χ1v) is 4.93. The molecular weight excluding hydrogens is 227 g/mol. The first-order valence-electron chi connectivity index (χ1n) is 4.93. The molecule has 0 aliphatic rings. The first-order chi connectivity index (χ1) is 8.13.